The molecule has 0 aliphatic carbocycles. The molecule has 0 radical (unpaired) electrons. The van der Waals surface area contributed by atoms with Crippen LogP contribution < -0.4 is 35.5 Å². The minimum Gasteiger partial charge on any atom is -0.493 e. The molecule has 4 aromatic carbocycles. The average Bonchev–Trinajstić information content (AvgIpc) is 1.73. The summed E-state index contributed by atoms with van der Waals surface area (Å²) < 4.78 is 65.4. The maximum atomic E-state index is 14.6. The van der Waals surface area contributed by atoms with Gasteiger partial charge in [-0.2, -0.15) is 0 Å². The summed E-state index contributed by atoms with van der Waals surface area (Å²) in [6.45, 7) is 28.2. The lowest BCUT2D eigenvalue weighted by molar-refractivity contribution is 0.0690. The van der Waals surface area contributed by atoms with E-state index in [1.807, 2.05) is 19.0 Å². The number of carboxylic acid groups (broad SMARTS) is 1. The number of rotatable bonds is 16. The van der Waals surface area contributed by atoms with Crippen molar-refractivity contribution < 1.29 is 37.3 Å². The Morgan fingerprint density at radius 3 is 1.44 bits per heavy atom. The molecule has 1 atom stereocenters. The molecule has 500 valence electrons. The minimum absolute atomic E-state index is 0.0809. The number of benzene rings is 4. The quantitative estimate of drug-likeness (QED) is 0.0563. The van der Waals surface area contributed by atoms with Crippen LogP contribution in [0.4, 0.5) is 48.5 Å². The number of ether oxygens (including phenoxy) is 3. The smallest absolute Gasteiger partial charge is 0.354 e. The monoisotopic (exact) mass is 1340 g/mol. The molecule has 0 spiro atoms. The van der Waals surface area contributed by atoms with Crippen molar-refractivity contribution in [3.05, 3.63) is 230 Å². The second-order valence-electron chi connectivity index (χ2n) is 24.2. The molecule has 28 heteroatoms. The van der Waals surface area contributed by atoms with E-state index < -0.39 is 5.97 Å². The Bertz CT molecular complexity index is 5300. The molecular weight excluding hydrogens is 1280 g/mol. The summed E-state index contributed by atoms with van der Waals surface area (Å²) in [4.78, 5) is 63.2. The van der Waals surface area contributed by atoms with Crippen LogP contribution in [0.5, 0.6) is 17.2 Å². The fourth-order valence-electron chi connectivity index (χ4n) is 12.8. The molecule has 4 aliphatic rings. The molecule has 0 amide bonds. The van der Waals surface area contributed by atoms with Gasteiger partial charge in [-0.25, -0.2) is 47.9 Å². The van der Waals surface area contributed by atoms with Crippen LogP contribution in [-0.4, -0.2) is 114 Å². The Balaban J connectivity index is 0.000000128. The van der Waals surface area contributed by atoms with Gasteiger partial charge < -0.3 is 60.0 Å². The lowest BCUT2D eigenvalue weighted by atomic mass is 9.96. The zero-order chi connectivity index (χ0) is 69.1. The molecule has 0 saturated carbocycles. The number of aryl methyl sites for hydroxylation is 1. The van der Waals surface area contributed by atoms with Crippen LogP contribution in [0.15, 0.2) is 123 Å². The summed E-state index contributed by atoms with van der Waals surface area (Å²) in [5.41, 5.74) is 12.7. The van der Waals surface area contributed by atoms with Crippen molar-refractivity contribution in [2.24, 2.45) is 0 Å². The van der Waals surface area contributed by atoms with Crippen molar-refractivity contribution in [2.75, 3.05) is 56.4 Å². The van der Waals surface area contributed by atoms with Gasteiger partial charge in [0, 0.05) is 145 Å². The van der Waals surface area contributed by atoms with Gasteiger partial charge in [0.1, 0.15) is 46.2 Å². The first kappa shape index (κ1) is 64.7. The molecule has 5 N–H and O–H groups in total. The van der Waals surface area contributed by atoms with Crippen LogP contribution in [0.2, 0.25) is 0 Å². The summed E-state index contributed by atoms with van der Waals surface area (Å²) in [6.07, 6.45) is 19.0. The first-order chi connectivity index (χ1) is 48.7. The molecule has 4 aliphatic heterocycles. The van der Waals surface area contributed by atoms with E-state index in [0.29, 0.717) is 131 Å². The SMILES string of the molecule is [C-]#[N+]c1cn2c(NCc3c(F)ccc4c3CCO4)ncc(-c3ccc(C(=O)O)nc3)c2n1.[C-]#[N+]c1cn2c(NCc3c(F)ccc4c3CCO4)ncc(-c3ccc([C@@H]4CCCN4)cc3C)c2n1.[C-]#[N+]c1cn2c(NCc3c(F)ccc4c3CCO4)ncc(-c3cnc(CN(C)C)nc3)c2n1. The third-order valence-corrected chi connectivity index (χ3v) is 17.6. The Morgan fingerprint density at radius 1 is 0.580 bits per heavy atom. The Labute approximate surface area is 569 Å². The summed E-state index contributed by atoms with van der Waals surface area (Å²) >= 11 is 0. The number of halogens is 3. The summed E-state index contributed by atoms with van der Waals surface area (Å²) in [5, 5.41) is 22.2. The maximum Gasteiger partial charge on any atom is 0.354 e. The maximum absolute atomic E-state index is 14.6. The molecule has 12 aromatic rings. The third kappa shape index (κ3) is 13.0. The molecule has 0 unspecified atom stereocenters. The number of imidazole rings is 3. The van der Waals surface area contributed by atoms with Crippen LogP contribution in [0.25, 0.3) is 64.9 Å². The Hall–Kier alpha value is -12.6. The molecule has 1 fully saturated rings. The first-order valence-corrected chi connectivity index (χ1v) is 32.0. The van der Waals surface area contributed by atoms with E-state index >= 15 is 0 Å². The van der Waals surface area contributed by atoms with Gasteiger partial charge in [0.25, 0.3) is 17.5 Å². The fraction of sp³-hybridized carbons (Fsp3) is 0.236. The van der Waals surface area contributed by atoms with Crippen molar-refractivity contribution >= 4 is 58.2 Å². The minimum atomic E-state index is -1.12. The molecular formula is C72H61F3N20O5. The lowest BCUT2D eigenvalue weighted by Gasteiger charge is -2.15. The number of nitrogens with zero attached hydrogens (tertiary/aromatic N) is 16. The van der Waals surface area contributed by atoms with Crippen molar-refractivity contribution in [2.45, 2.75) is 71.2 Å². The number of hydrogen-bond acceptors (Lipinski definition) is 18. The van der Waals surface area contributed by atoms with Crippen molar-refractivity contribution in [3.8, 4) is 50.6 Å². The van der Waals surface area contributed by atoms with E-state index in [9.17, 15) is 18.0 Å². The topological polar surface area (TPSA) is 259 Å². The highest BCUT2D eigenvalue weighted by molar-refractivity contribution is 5.87. The zero-order valence-electron chi connectivity index (χ0n) is 54.2. The van der Waals surface area contributed by atoms with Crippen LogP contribution in [-0.2, 0) is 45.4 Å². The number of anilines is 3. The lowest BCUT2D eigenvalue weighted by Crippen LogP contribution is -2.13. The number of aromatic carboxylic acids is 1. The van der Waals surface area contributed by atoms with Gasteiger partial charge in [0.15, 0.2) is 0 Å². The Morgan fingerprint density at radius 2 is 1.03 bits per heavy atom. The largest absolute Gasteiger partial charge is 0.493 e. The highest BCUT2D eigenvalue weighted by Crippen LogP contribution is 2.38. The molecule has 0 bridgehead atoms. The van der Waals surface area contributed by atoms with E-state index in [1.54, 1.807) is 80.8 Å². The number of aromatic nitrogens is 12. The van der Waals surface area contributed by atoms with E-state index in [2.05, 4.69) is 106 Å². The number of pyridine rings is 1. The summed E-state index contributed by atoms with van der Waals surface area (Å²) in [7, 11) is 3.91. The average molecular weight is 1340 g/mol. The van der Waals surface area contributed by atoms with Crippen molar-refractivity contribution in [3.63, 3.8) is 0 Å². The van der Waals surface area contributed by atoms with Crippen molar-refractivity contribution in [1.82, 2.24) is 68.3 Å². The molecule has 1 saturated heterocycles. The molecule has 12 heterocycles. The highest BCUT2D eigenvalue weighted by Gasteiger charge is 2.27. The van der Waals surface area contributed by atoms with E-state index in [0.717, 1.165) is 63.4 Å². The number of hydrogen-bond donors (Lipinski definition) is 5. The van der Waals surface area contributed by atoms with Gasteiger partial charge in [-0.1, -0.05) is 58.9 Å². The molecule has 100 heavy (non-hydrogen) atoms. The Kier molecular flexibility index (Phi) is 18.0. The normalized spacial score (nSPS) is 13.9. The van der Waals surface area contributed by atoms with Gasteiger partial charge in [-0.05, 0) is 99.6 Å². The number of carbonyl (C=O) groups is 1. The van der Waals surface area contributed by atoms with E-state index in [1.165, 1.54) is 48.6 Å². The molecule has 8 aromatic heterocycles. The summed E-state index contributed by atoms with van der Waals surface area (Å²) in [6, 6.07) is 19.1. The predicted molar refractivity (Wildman–Crippen MR) is 365 cm³/mol. The number of fused-ring (bicyclic) bond motifs is 6. The van der Waals surface area contributed by atoms with Gasteiger partial charge in [0.05, 0.1) is 43.1 Å². The van der Waals surface area contributed by atoms with Crippen LogP contribution in [0.1, 0.15) is 79.7 Å². The van der Waals surface area contributed by atoms with Gasteiger partial charge in [-0.15, -0.1) is 0 Å². The molecule has 25 nitrogen and oxygen atoms in total. The van der Waals surface area contributed by atoms with Crippen molar-refractivity contribution in [1.29, 1.82) is 0 Å². The van der Waals surface area contributed by atoms with Crippen LogP contribution in [0.3, 0.4) is 0 Å². The number of nitrogens with one attached hydrogen (secondary N) is 4. The standard InChI is InChI=1S/C27H25FN6O.C23H21FN8O.C22H15FN6O3/c1-16-12-17(23-4-3-10-30-23)5-6-18(16)21-14-32-27(34-15-25(29-2)33-26(21)34)31-13-20-19-9-11-35-24(19)8-7-22(20)28;1-25-20-13-32-22(30-20)16(14-8-26-21(27-9-14)12-31(2)3)10-28-23(32)29-11-17-15-6-7-33-19(15)5-4-18(17)24;1-24-19-11-29-20(28-19)14(12-2-4-17(21(30)31)25-8-12)9-26-22(29)27-10-15-13-6-7-32-18(13)5-3-16(15)23/h5-8,12,14-15,23,30H,3-4,9-11,13H2,1H3,(H,31,32);4-5,8-10,13H,6-7,11-12H2,2-3H3,(H,28,29);2-5,8-9,11H,6-7,10H2,(H,26,27)(H,30,31)/t23-;;/m0../s1. The predicted octanol–water partition coefficient (Wildman–Crippen LogP) is 12.6. The fourth-order valence-corrected chi connectivity index (χ4v) is 12.8. The first-order valence-electron chi connectivity index (χ1n) is 32.0. The van der Waals surface area contributed by atoms with Crippen LogP contribution >= 0.6 is 0 Å². The van der Waals surface area contributed by atoms with Gasteiger partial charge >= 0.3 is 5.97 Å². The van der Waals surface area contributed by atoms with Gasteiger partial charge in [0.2, 0.25) is 34.8 Å². The van der Waals surface area contributed by atoms with E-state index in [4.69, 9.17) is 39.0 Å². The molecule has 16 rings (SSSR count). The second-order valence-corrected chi connectivity index (χ2v) is 24.2. The summed E-state index contributed by atoms with van der Waals surface area (Å²) in [5.74, 6) is 2.87. The van der Waals surface area contributed by atoms with E-state index in [-0.39, 0.29) is 60.2 Å². The third-order valence-electron chi connectivity index (χ3n) is 17.6. The number of carboxylic acids is 1. The van der Waals surface area contributed by atoms with Gasteiger partial charge in [-0.3, -0.25) is 13.2 Å². The second kappa shape index (κ2) is 27.9. The van der Waals surface area contributed by atoms with Crippen LogP contribution in [0, 0.1) is 44.1 Å². The zero-order valence-corrected chi connectivity index (χ0v) is 54.2. The highest BCUT2D eigenvalue weighted by atomic mass is 19.1.